The Balaban J connectivity index is 3.30. The van der Waals surface area contributed by atoms with Crippen molar-refractivity contribution in [2.45, 2.75) is 0 Å². The Hall–Kier alpha value is -2.62. The SMILES string of the molecule is C#CCNc1cc(C(=O)O)c([N+](=O)[O-])cc1F. The predicted octanol–water partition coefficient (Wildman–Crippen LogP) is 1.48. The van der Waals surface area contributed by atoms with Crippen molar-refractivity contribution in [2.24, 2.45) is 0 Å². The van der Waals surface area contributed by atoms with Gasteiger partial charge in [0.25, 0.3) is 5.69 Å². The van der Waals surface area contributed by atoms with Crippen LogP contribution in [0.1, 0.15) is 10.4 Å². The van der Waals surface area contributed by atoms with E-state index in [0.29, 0.717) is 6.07 Å². The maximum absolute atomic E-state index is 13.3. The van der Waals surface area contributed by atoms with E-state index in [0.717, 1.165) is 6.07 Å². The van der Waals surface area contributed by atoms with Crippen LogP contribution in [0.2, 0.25) is 0 Å². The van der Waals surface area contributed by atoms with Crippen molar-refractivity contribution < 1.29 is 19.2 Å². The van der Waals surface area contributed by atoms with Gasteiger partial charge in [0, 0.05) is 0 Å². The molecule has 1 aromatic carbocycles. The summed E-state index contributed by atoms with van der Waals surface area (Å²) in [5, 5.41) is 21.7. The number of nitro benzene ring substituents is 1. The highest BCUT2D eigenvalue weighted by Crippen LogP contribution is 2.26. The summed E-state index contributed by atoms with van der Waals surface area (Å²) < 4.78 is 13.3. The fourth-order valence-corrected chi connectivity index (χ4v) is 1.17. The standard InChI is InChI=1S/C10H7FN2O4/c1-2-3-12-8-4-6(10(14)15)9(13(16)17)5-7(8)11/h1,4-5,12H,3H2,(H,14,15). The zero-order chi connectivity index (χ0) is 13.0. The number of nitrogens with zero attached hydrogens (tertiary/aromatic N) is 1. The van der Waals surface area contributed by atoms with E-state index in [9.17, 15) is 19.3 Å². The highest BCUT2D eigenvalue weighted by Gasteiger charge is 2.22. The maximum Gasteiger partial charge on any atom is 0.342 e. The monoisotopic (exact) mass is 238 g/mol. The maximum atomic E-state index is 13.3. The van der Waals surface area contributed by atoms with Crippen molar-refractivity contribution >= 4 is 17.3 Å². The van der Waals surface area contributed by atoms with Crippen LogP contribution in [-0.4, -0.2) is 22.5 Å². The van der Waals surface area contributed by atoms with E-state index in [1.807, 2.05) is 0 Å². The first-order valence-electron chi connectivity index (χ1n) is 4.36. The van der Waals surface area contributed by atoms with Gasteiger partial charge < -0.3 is 10.4 Å². The topological polar surface area (TPSA) is 92.5 Å². The second-order valence-corrected chi connectivity index (χ2v) is 2.97. The number of carbonyl (C=O) groups is 1. The number of rotatable bonds is 4. The quantitative estimate of drug-likeness (QED) is 0.470. The van der Waals surface area contributed by atoms with Crippen molar-refractivity contribution in [3.05, 3.63) is 33.6 Å². The fraction of sp³-hybridized carbons (Fsp3) is 0.100. The molecule has 1 aromatic rings. The molecule has 7 heteroatoms. The predicted molar refractivity (Wildman–Crippen MR) is 57.3 cm³/mol. The second kappa shape index (κ2) is 4.94. The van der Waals surface area contributed by atoms with E-state index in [4.69, 9.17) is 11.5 Å². The first-order chi connectivity index (χ1) is 7.97. The molecule has 0 amide bonds. The van der Waals surface area contributed by atoms with Crippen LogP contribution in [0.3, 0.4) is 0 Å². The summed E-state index contributed by atoms with van der Waals surface area (Å²) in [6.45, 7) is -0.0200. The number of halogens is 1. The zero-order valence-electron chi connectivity index (χ0n) is 8.44. The largest absolute Gasteiger partial charge is 0.477 e. The van der Waals surface area contributed by atoms with Gasteiger partial charge in [-0.2, -0.15) is 0 Å². The van der Waals surface area contributed by atoms with Gasteiger partial charge >= 0.3 is 5.97 Å². The zero-order valence-corrected chi connectivity index (χ0v) is 8.44. The molecular weight excluding hydrogens is 231 g/mol. The lowest BCUT2D eigenvalue weighted by atomic mass is 10.1. The third-order valence-corrected chi connectivity index (χ3v) is 1.89. The molecule has 0 fully saturated rings. The van der Waals surface area contributed by atoms with Gasteiger partial charge in [-0.1, -0.05) is 5.92 Å². The Kier molecular flexibility index (Phi) is 3.62. The molecule has 1 rings (SSSR count). The molecule has 0 heterocycles. The van der Waals surface area contributed by atoms with Crippen molar-refractivity contribution in [3.63, 3.8) is 0 Å². The number of nitro groups is 1. The molecular formula is C10H7FN2O4. The molecule has 0 aliphatic rings. The van der Waals surface area contributed by atoms with Crippen molar-refractivity contribution in [3.8, 4) is 12.3 Å². The van der Waals surface area contributed by atoms with Gasteiger partial charge in [0.15, 0.2) is 5.82 Å². The van der Waals surface area contributed by atoms with Gasteiger partial charge in [-0.25, -0.2) is 9.18 Å². The van der Waals surface area contributed by atoms with E-state index in [2.05, 4.69) is 11.2 Å². The molecule has 0 saturated heterocycles. The molecule has 6 nitrogen and oxygen atoms in total. The van der Waals surface area contributed by atoms with Crippen LogP contribution in [0, 0.1) is 28.3 Å². The Morgan fingerprint density at radius 2 is 2.29 bits per heavy atom. The van der Waals surface area contributed by atoms with Crippen LogP contribution in [0.4, 0.5) is 15.8 Å². The minimum absolute atomic E-state index is 0.0200. The average molecular weight is 238 g/mol. The number of benzene rings is 1. The van der Waals surface area contributed by atoms with Crippen LogP contribution in [0.5, 0.6) is 0 Å². The molecule has 0 spiro atoms. The number of terminal acetylenes is 1. The Morgan fingerprint density at radius 3 is 2.76 bits per heavy atom. The lowest BCUT2D eigenvalue weighted by Crippen LogP contribution is -2.07. The lowest BCUT2D eigenvalue weighted by molar-refractivity contribution is -0.385. The van der Waals surface area contributed by atoms with Crippen LogP contribution in [-0.2, 0) is 0 Å². The number of carboxylic acids is 1. The minimum atomic E-state index is -1.51. The van der Waals surface area contributed by atoms with E-state index in [1.54, 1.807) is 0 Å². The van der Waals surface area contributed by atoms with Gasteiger partial charge in [-0.15, -0.1) is 6.42 Å². The van der Waals surface area contributed by atoms with Gasteiger partial charge in [0.1, 0.15) is 5.56 Å². The van der Waals surface area contributed by atoms with Crippen LogP contribution < -0.4 is 5.32 Å². The van der Waals surface area contributed by atoms with E-state index in [1.165, 1.54) is 0 Å². The van der Waals surface area contributed by atoms with Crippen LogP contribution in [0.15, 0.2) is 12.1 Å². The number of hydrogen-bond donors (Lipinski definition) is 2. The van der Waals surface area contributed by atoms with Crippen molar-refractivity contribution in [2.75, 3.05) is 11.9 Å². The summed E-state index contributed by atoms with van der Waals surface area (Å²) in [7, 11) is 0. The molecule has 17 heavy (non-hydrogen) atoms. The lowest BCUT2D eigenvalue weighted by Gasteiger charge is -2.06. The Morgan fingerprint density at radius 1 is 1.65 bits per heavy atom. The highest BCUT2D eigenvalue weighted by atomic mass is 19.1. The van der Waals surface area contributed by atoms with Crippen LogP contribution in [0.25, 0.3) is 0 Å². The summed E-state index contributed by atoms with van der Waals surface area (Å²) in [6.07, 6.45) is 4.94. The second-order valence-electron chi connectivity index (χ2n) is 2.97. The molecule has 0 atom stereocenters. The van der Waals surface area contributed by atoms with Gasteiger partial charge in [-0.05, 0) is 6.07 Å². The Labute approximate surface area is 95.2 Å². The molecule has 88 valence electrons. The molecule has 0 saturated carbocycles. The summed E-state index contributed by atoms with van der Waals surface area (Å²) >= 11 is 0. The molecule has 0 aromatic heterocycles. The molecule has 2 N–H and O–H groups in total. The van der Waals surface area contributed by atoms with E-state index >= 15 is 0 Å². The fourth-order valence-electron chi connectivity index (χ4n) is 1.17. The first-order valence-corrected chi connectivity index (χ1v) is 4.36. The number of aromatic carboxylic acids is 1. The average Bonchev–Trinajstić information content (AvgIpc) is 2.26. The molecule has 0 radical (unpaired) electrons. The normalized spacial score (nSPS) is 9.41. The third kappa shape index (κ3) is 2.69. The summed E-state index contributed by atoms with van der Waals surface area (Å²) in [4.78, 5) is 20.3. The molecule has 0 aliphatic heterocycles. The molecule has 0 bridgehead atoms. The summed E-state index contributed by atoms with van der Waals surface area (Å²) in [6, 6.07) is 1.38. The molecule has 0 aliphatic carbocycles. The van der Waals surface area contributed by atoms with Gasteiger partial charge in [0.05, 0.1) is 23.2 Å². The number of nitrogens with one attached hydrogen (secondary N) is 1. The summed E-state index contributed by atoms with van der Waals surface area (Å²) in [5.41, 5.74) is -1.59. The van der Waals surface area contributed by atoms with Crippen LogP contribution >= 0.6 is 0 Å². The first kappa shape index (κ1) is 12.4. The number of anilines is 1. The molecule has 0 unspecified atom stereocenters. The van der Waals surface area contributed by atoms with E-state index < -0.39 is 28.0 Å². The van der Waals surface area contributed by atoms with Crippen molar-refractivity contribution in [1.82, 2.24) is 0 Å². The smallest absolute Gasteiger partial charge is 0.342 e. The van der Waals surface area contributed by atoms with E-state index in [-0.39, 0.29) is 12.2 Å². The van der Waals surface area contributed by atoms with Gasteiger partial charge in [-0.3, -0.25) is 10.1 Å². The Bertz CT molecular complexity index is 522. The van der Waals surface area contributed by atoms with Crippen molar-refractivity contribution in [1.29, 1.82) is 0 Å². The number of hydrogen-bond acceptors (Lipinski definition) is 4. The highest BCUT2D eigenvalue weighted by molar-refractivity contribution is 5.93. The van der Waals surface area contributed by atoms with Gasteiger partial charge in [0.2, 0.25) is 0 Å². The number of carboxylic acid groups (broad SMARTS) is 1. The minimum Gasteiger partial charge on any atom is -0.477 e. The summed E-state index contributed by atoms with van der Waals surface area (Å²) in [5.74, 6) is -0.276. The third-order valence-electron chi connectivity index (χ3n) is 1.89.